The van der Waals surface area contributed by atoms with Gasteiger partial charge in [-0.25, -0.2) is 0 Å². The highest BCUT2D eigenvalue weighted by Crippen LogP contribution is 2.27. The number of hydrogen-bond acceptors (Lipinski definition) is 3. The molecule has 17 heavy (non-hydrogen) atoms. The average molecular weight is 233 g/mol. The molecule has 0 radical (unpaired) electrons. The van der Waals surface area contributed by atoms with Crippen molar-refractivity contribution in [3.8, 4) is 0 Å². The van der Waals surface area contributed by atoms with Gasteiger partial charge in [0.25, 0.3) is 0 Å². The Labute approximate surface area is 104 Å². The lowest BCUT2D eigenvalue weighted by atomic mass is 9.90. The van der Waals surface area contributed by atoms with Crippen LogP contribution in [0.4, 0.5) is 5.69 Å². The number of nitrogens with one attached hydrogen (secondary N) is 1. The van der Waals surface area contributed by atoms with E-state index in [-0.39, 0.29) is 0 Å². The second-order valence-electron chi connectivity index (χ2n) is 5.07. The Morgan fingerprint density at radius 2 is 2.00 bits per heavy atom. The van der Waals surface area contributed by atoms with Crippen molar-refractivity contribution in [3.05, 3.63) is 24.0 Å². The van der Waals surface area contributed by atoms with E-state index in [0.717, 1.165) is 6.04 Å². The summed E-state index contributed by atoms with van der Waals surface area (Å²) in [5.41, 5.74) is 2.60. The van der Waals surface area contributed by atoms with Crippen LogP contribution in [0, 0.1) is 6.92 Å². The molecule has 1 aromatic rings. The summed E-state index contributed by atoms with van der Waals surface area (Å²) in [4.78, 5) is 6.59. The zero-order chi connectivity index (χ0) is 12.3. The fraction of sp³-hybridized carbons (Fsp3) is 0.643. The van der Waals surface area contributed by atoms with E-state index in [1.165, 1.54) is 36.9 Å². The highest BCUT2D eigenvalue weighted by Gasteiger charge is 2.23. The summed E-state index contributed by atoms with van der Waals surface area (Å²) < 4.78 is 0. The van der Waals surface area contributed by atoms with E-state index in [4.69, 9.17) is 0 Å². The van der Waals surface area contributed by atoms with Gasteiger partial charge in [-0.05, 0) is 51.3 Å². The van der Waals surface area contributed by atoms with E-state index < -0.39 is 0 Å². The predicted octanol–water partition coefficient (Wildman–Crippen LogP) is 2.36. The molecular formula is C14H23N3. The second kappa shape index (κ2) is 5.50. The smallest absolute Gasteiger partial charge is 0.0426 e. The Morgan fingerprint density at radius 1 is 1.29 bits per heavy atom. The molecule has 1 aromatic heterocycles. The lowest BCUT2D eigenvalue weighted by Crippen LogP contribution is -2.40. The number of rotatable bonds is 3. The number of aromatic nitrogens is 1. The first-order valence-electron chi connectivity index (χ1n) is 6.53. The van der Waals surface area contributed by atoms with Crippen LogP contribution in [-0.4, -0.2) is 31.2 Å². The Kier molecular flexibility index (Phi) is 4.00. The van der Waals surface area contributed by atoms with Gasteiger partial charge in [0.05, 0.1) is 0 Å². The zero-order valence-corrected chi connectivity index (χ0v) is 11.1. The van der Waals surface area contributed by atoms with Crippen LogP contribution in [0.3, 0.4) is 0 Å². The Balaban J connectivity index is 2.02. The van der Waals surface area contributed by atoms with Crippen molar-refractivity contribution < 1.29 is 0 Å². The van der Waals surface area contributed by atoms with Crippen LogP contribution in [0.5, 0.6) is 0 Å². The molecule has 2 rings (SSSR count). The van der Waals surface area contributed by atoms with Gasteiger partial charge in [-0.2, -0.15) is 0 Å². The molecule has 3 nitrogen and oxygen atoms in total. The largest absolute Gasteiger partial charge is 0.371 e. The third kappa shape index (κ3) is 2.78. The van der Waals surface area contributed by atoms with Gasteiger partial charge < -0.3 is 10.2 Å². The van der Waals surface area contributed by atoms with Crippen LogP contribution in [0.15, 0.2) is 18.5 Å². The molecule has 0 unspecified atom stereocenters. The summed E-state index contributed by atoms with van der Waals surface area (Å²) in [5.74, 6) is 0. The molecule has 1 aliphatic carbocycles. The average Bonchev–Trinajstić information content (AvgIpc) is 2.39. The highest BCUT2D eigenvalue weighted by molar-refractivity contribution is 5.51. The quantitative estimate of drug-likeness (QED) is 0.868. The number of nitrogens with zero attached hydrogens (tertiary/aromatic N) is 2. The van der Waals surface area contributed by atoms with Crippen LogP contribution in [-0.2, 0) is 0 Å². The van der Waals surface area contributed by atoms with Crippen LogP contribution >= 0.6 is 0 Å². The molecule has 0 spiro atoms. The van der Waals surface area contributed by atoms with E-state index in [1.807, 2.05) is 12.4 Å². The number of anilines is 1. The molecule has 1 aliphatic rings. The maximum atomic E-state index is 4.16. The van der Waals surface area contributed by atoms with Gasteiger partial charge >= 0.3 is 0 Å². The van der Waals surface area contributed by atoms with Crippen molar-refractivity contribution in [1.82, 2.24) is 10.3 Å². The fourth-order valence-electron chi connectivity index (χ4n) is 2.81. The maximum absolute atomic E-state index is 4.16. The predicted molar refractivity (Wildman–Crippen MR) is 72.5 cm³/mol. The van der Waals surface area contributed by atoms with Crippen LogP contribution < -0.4 is 10.2 Å². The van der Waals surface area contributed by atoms with Gasteiger partial charge in [-0.1, -0.05) is 0 Å². The molecule has 0 amide bonds. The SMILES string of the molecule is CNC1CCC(N(C)c2ccncc2C)CC1. The normalized spacial score (nSPS) is 24.6. The van der Waals surface area contributed by atoms with Gasteiger partial charge in [0.1, 0.15) is 0 Å². The van der Waals surface area contributed by atoms with E-state index in [9.17, 15) is 0 Å². The van der Waals surface area contributed by atoms with Crippen molar-refractivity contribution in [3.63, 3.8) is 0 Å². The summed E-state index contributed by atoms with van der Waals surface area (Å²) in [6, 6.07) is 3.53. The lowest BCUT2D eigenvalue weighted by Gasteiger charge is -2.36. The third-order valence-electron chi connectivity index (χ3n) is 4.02. The second-order valence-corrected chi connectivity index (χ2v) is 5.07. The molecule has 0 saturated heterocycles. The minimum Gasteiger partial charge on any atom is -0.371 e. The van der Waals surface area contributed by atoms with E-state index in [1.54, 1.807) is 0 Å². The molecule has 0 aromatic carbocycles. The number of pyridine rings is 1. The molecule has 1 fully saturated rings. The molecule has 1 N–H and O–H groups in total. The van der Waals surface area contributed by atoms with Gasteiger partial charge in [0.2, 0.25) is 0 Å². The first kappa shape index (κ1) is 12.4. The molecule has 1 heterocycles. The van der Waals surface area contributed by atoms with Gasteiger partial charge in [-0.15, -0.1) is 0 Å². The molecule has 0 bridgehead atoms. The van der Waals surface area contributed by atoms with Gasteiger partial charge in [-0.3, -0.25) is 4.98 Å². The fourth-order valence-corrected chi connectivity index (χ4v) is 2.81. The molecule has 0 atom stereocenters. The topological polar surface area (TPSA) is 28.2 Å². The van der Waals surface area contributed by atoms with Crippen LogP contribution in [0.2, 0.25) is 0 Å². The summed E-state index contributed by atoms with van der Waals surface area (Å²) in [5, 5.41) is 3.39. The minimum atomic E-state index is 0.681. The van der Waals surface area contributed by atoms with E-state index >= 15 is 0 Å². The highest BCUT2D eigenvalue weighted by atomic mass is 15.1. The number of aryl methyl sites for hydroxylation is 1. The van der Waals surface area contributed by atoms with Gasteiger partial charge in [0, 0.05) is 37.2 Å². The summed E-state index contributed by atoms with van der Waals surface area (Å²) in [6.07, 6.45) is 8.97. The summed E-state index contributed by atoms with van der Waals surface area (Å²) in [7, 11) is 4.29. The summed E-state index contributed by atoms with van der Waals surface area (Å²) in [6.45, 7) is 2.14. The zero-order valence-electron chi connectivity index (χ0n) is 11.1. The van der Waals surface area contributed by atoms with Crippen molar-refractivity contribution in [1.29, 1.82) is 0 Å². The lowest BCUT2D eigenvalue weighted by molar-refractivity contribution is 0.351. The molecule has 94 valence electrons. The molecule has 1 saturated carbocycles. The first-order valence-corrected chi connectivity index (χ1v) is 6.53. The van der Waals surface area contributed by atoms with Crippen molar-refractivity contribution in [2.75, 3.05) is 19.0 Å². The van der Waals surface area contributed by atoms with Crippen molar-refractivity contribution >= 4 is 5.69 Å². The monoisotopic (exact) mass is 233 g/mol. The molecular weight excluding hydrogens is 210 g/mol. The van der Waals surface area contributed by atoms with E-state index in [2.05, 4.69) is 42.3 Å². The number of hydrogen-bond donors (Lipinski definition) is 1. The maximum Gasteiger partial charge on any atom is 0.0426 e. The van der Waals surface area contributed by atoms with Crippen LogP contribution in [0.1, 0.15) is 31.2 Å². The van der Waals surface area contributed by atoms with E-state index in [0.29, 0.717) is 6.04 Å². The Morgan fingerprint density at radius 3 is 2.59 bits per heavy atom. The van der Waals surface area contributed by atoms with Crippen LogP contribution in [0.25, 0.3) is 0 Å². The van der Waals surface area contributed by atoms with Crippen molar-refractivity contribution in [2.24, 2.45) is 0 Å². The minimum absolute atomic E-state index is 0.681. The summed E-state index contributed by atoms with van der Waals surface area (Å²) >= 11 is 0. The third-order valence-corrected chi connectivity index (χ3v) is 4.02. The molecule has 3 heteroatoms. The van der Waals surface area contributed by atoms with Crippen molar-refractivity contribution in [2.45, 2.75) is 44.7 Å². The standard InChI is InChI=1S/C14H23N3/c1-11-10-16-9-8-14(11)17(3)13-6-4-12(15-2)5-7-13/h8-10,12-13,15H,4-7H2,1-3H3. The Bertz CT molecular complexity index is 356. The first-order chi connectivity index (χ1) is 8.22. The molecule has 0 aliphatic heterocycles. The Hall–Kier alpha value is -1.09. The van der Waals surface area contributed by atoms with Gasteiger partial charge in [0.15, 0.2) is 0 Å².